The van der Waals surface area contributed by atoms with Gasteiger partial charge in [-0.3, -0.25) is 0 Å². The maximum Gasteiger partial charge on any atom is 0.212 e. The Morgan fingerprint density at radius 1 is 0.957 bits per heavy atom. The first-order chi connectivity index (χ1) is 11.2. The molecule has 114 valence electrons. The summed E-state index contributed by atoms with van der Waals surface area (Å²) < 4.78 is 14.8. The molecule has 4 rings (SSSR count). The van der Waals surface area contributed by atoms with Gasteiger partial charge in [-0.1, -0.05) is 23.9 Å². The third-order valence-electron chi connectivity index (χ3n) is 3.47. The molecule has 1 aliphatic heterocycles. The number of aromatic hydroxyl groups is 1. The van der Waals surface area contributed by atoms with E-state index in [4.69, 9.17) is 0 Å². The molecule has 5 nitrogen and oxygen atoms in total. The molecule has 2 heterocycles. The lowest BCUT2D eigenvalue weighted by atomic mass is 10.1. The molecular formula is C16H11FN4OS. The topological polar surface area (TPSA) is 63.3 Å². The molecule has 2 aromatic carbocycles. The van der Waals surface area contributed by atoms with Gasteiger partial charge in [-0.25, -0.2) is 4.39 Å². The minimum Gasteiger partial charge on any atom is -0.508 e. The molecule has 0 spiro atoms. The molecule has 0 saturated heterocycles. The molecule has 0 radical (unpaired) electrons. The monoisotopic (exact) mass is 326 g/mol. The van der Waals surface area contributed by atoms with Crippen LogP contribution in [0.15, 0.2) is 58.8 Å². The molecule has 1 aliphatic rings. The Morgan fingerprint density at radius 2 is 1.65 bits per heavy atom. The van der Waals surface area contributed by atoms with Crippen molar-refractivity contribution in [3.05, 3.63) is 59.9 Å². The van der Waals surface area contributed by atoms with Crippen molar-refractivity contribution in [1.29, 1.82) is 0 Å². The third kappa shape index (κ3) is 2.59. The number of thioether (sulfide) groups is 1. The summed E-state index contributed by atoms with van der Waals surface area (Å²) in [5.41, 5.74) is 2.52. The van der Waals surface area contributed by atoms with Crippen LogP contribution in [-0.2, 0) is 0 Å². The van der Waals surface area contributed by atoms with Crippen LogP contribution in [0.25, 0.3) is 11.4 Å². The van der Waals surface area contributed by atoms with Crippen LogP contribution in [0.3, 0.4) is 0 Å². The largest absolute Gasteiger partial charge is 0.508 e. The zero-order valence-electron chi connectivity index (χ0n) is 11.8. The van der Waals surface area contributed by atoms with Crippen LogP contribution in [0.2, 0.25) is 0 Å². The van der Waals surface area contributed by atoms with Crippen LogP contribution >= 0.6 is 11.8 Å². The number of hydrogen-bond donors (Lipinski definition) is 1. The summed E-state index contributed by atoms with van der Waals surface area (Å²) in [5.74, 6) is 1.18. The summed E-state index contributed by atoms with van der Waals surface area (Å²) in [5, 5.41) is 23.0. The van der Waals surface area contributed by atoms with Crippen molar-refractivity contribution in [3.63, 3.8) is 0 Å². The molecule has 0 unspecified atom stereocenters. The number of rotatable bonds is 2. The highest BCUT2D eigenvalue weighted by Crippen LogP contribution is 2.29. The zero-order valence-corrected chi connectivity index (χ0v) is 12.7. The Hall–Kier alpha value is -2.67. The molecule has 0 atom stereocenters. The number of halogens is 1. The Bertz CT molecular complexity index is 887. The average Bonchev–Trinajstić information content (AvgIpc) is 2.99. The predicted molar refractivity (Wildman–Crippen MR) is 86.2 cm³/mol. The summed E-state index contributed by atoms with van der Waals surface area (Å²) in [7, 11) is 0. The van der Waals surface area contributed by atoms with E-state index < -0.39 is 0 Å². The zero-order chi connectivity index (χ0) is 15.8. The van der Waals surface area contributed by atoms with Crippen LogP contribution in [0.5, 0.6) is 5.75 Å². The summed E-state index contributed by atoms with van der Waals surface area (Å²) in [4.78, 5) is 0. The van der Waals surface area contributed by atoms with E-state index in [2.05, 4.69) is 15.3 Å². The number of phenols is 1. The van der Waals surface area contributed by atoms with Gasteiger partial charge in [0.2, 0.25) is 5.16 Å². The average molecular weight is 326 g/mol. The lowest BCUT2D eigenvalue weighted by Crippen LogP contribution is -2.13. The van der Waals surface area contributed by atoms with E-state index in [-0.39, 0.29) is 11.6 Å². The first kappa shape index (κ1) is 14.0. The molecule has 0 fully saturated rings. The highest BCUT2D eigenvalue weighted by Gasteiger charge is 2.20. The van der Waals surface area contributed by atoms with Gasteiger partial charge in [-0.05, 0) is 42.0 Å². The Labute approximate surface area is 135 Å². The molecule has 3 aromatic rings. The Kier molecular flexibility index (Phi) is 3.34. The molecule has 1 aromatic heterocycles. The smallest absolute Gasteiger partial charge is 0.212 e. The van der Waals surface area contributed by atoms with Crippen LogP contribution in [-0.4, -0.2) is 31.4 Å². The van der Waals surface area contributed by atoms with Gasteiger partial charge in [-0.15, -0.1) is 10.2 Å². The molecule has 0 aliphatic carbocycles. The van der Waals surface area contributed by atoms with Crippen molar-refractivity contribution in [2.75, 3.05) is 5.75 Å². The maximum absolute atomic E-state index is 13.1. The maximum atomic E-state index is 13.1. The number of nitrogens with zero attached hydrogens (tertiary/aromatic N) is 4. The van der Waals surface area contributed by atoms with Crippen LogP contribution < -0.4 is 0 Å². The fraction of sp³-hybridized carbons (Fsp3) is 0.0625. The predicted octanol–water partition coefficient (Wildman–Crippen LogP) is 3.15. The number of aromatic nitrogens is 3. The van der Waals surface area contributed by atoms with Crippen LogP contribution in [0.4, 0.5) is 4.39 Å². The van der Waals surface area contributed by atoms with E-state index in [0.29, 0.717) is 16.7 Å². The summed E-state index contributed by atoms with van der Waals surface area (Å²) in [6.07, 6.45) is 0. The fourth-order valence-corrected chi connectivity index (χ4v) is 3.14. The van der Waals surface area contributed by atoms with Crippen LogP contribution in [0, 0.1) is 5.82 Å². The number of benzene rings is 2. The van der Waals surface area contributed by atoms with E-state index in [1.165, 1.54) is 23.9 Å². The van der Waals surface area contributed by atoms with Gasteiger partial charge in [0.1, 0.15) is 11.6 Å². The van der Waals surface area contributed by atoms with Gasteiger partial charge < -0.3 is 5.11 Å². The third-order valence-corrected chi connectivity index (χ3v) is 4.40. The normalized spacial score (nSPS) is 13.5. The van der Waals surface area contributed by atoms with Gasteiger partial charge in [0.25, 0.3) is 0 Å². The first-order valence-electron chi connectivity index (χ1n) is 6.92. The van der Waals surface area contributed by atoms with Crippen molar-refractivity contribution in [1.82, 2.24) is 14.9 Å². The second-order valence-electron chi connectivity index (χ2n) is 5.01. The van der Waals surface area contributed by atoms with Crippen molar-refractivity contribution in [2.24, 2.45) is 5.10 Å². The van der Waals surface area contributed by atoms with Gasteiger partial charge in [0.05, 0.1) is 5.71 Å². The van der Waals surface area contributed by atoms with E-state index in [1.807, 2.05) is 0 Å². The minimum absolute atomic E-state index is 0.192. The molecule has 23 heavy (non-hydrogen) atoms. The second-order valence-corrected chi connectivity index (χ2v) is 5.95. The molecular weight excluding hydrogens is 315 g/mol. The van der Waals surface area contributed by atoms with Crippen molar-refractivity contribution in [2.45, 2.75) is 5.16 Å². The highest BCUT2D eigenvalue weighted by molar-refractivity contribution is 7.99. The highest BCUT2D eigenvalue weighted by atomic mass is 32.2. The number of hydrogen-bond acceptors (Lipinski definition) is 5. The fourth-order valence-electron chi connectivity index (χ4n) is 2.30. The Balaban J connectivity index is 1.77. The van der Waals surface area contributed by atoms with E-state index >= 15 is 0 Å². The molecule has 7 heteroatoms. The van der Waals surface area contributed by atoms with E-state index in [0.717, 1.165) is 16.8 Å². The SMILES string of the molecule is Oc1ccc(-c2nnc3n2N=C(c2ccc(F)cc2)CS3)cc1. The molecule has 0 bridgehead atoms. The Morgan fingerprint density at radius 3 is 2.39 bits per heavy atom. The van der Waals surface area contributed by atoms with Gasteiger partial charge in [-0.2, -0.15) is 9.78 Å². The van der Waals surface area contributed by atoms with Crippen LogP contribution in [0.1, 0.15) is 5.56 Å². The van der Waals surface area contributed by atoms with E-state index in [1.54, 1.807) is 41.1 Å². The lowest BCUT2D eigenvalue weighted by Gasteiger charge is -2.14. The summed E-state index contributed by atoms with van der Waals surface area (Å²) in [6.45, 7) is 0. The van der Waals surface area contributed by atoms with Crippen molar-refractivity contribution >= 4 is 17.5 Å². The number of fused-ring (bicyclic) bond motifs is 1. The standard InChI is InChI=1S/C16H11FN4OS/c17-12-5-1-10(2-6-12)14-9-23-16-19-18-15(21(16)20-14)11-3-7-13(22)8-4-11/h1-8,22H,9H2. The summed E-state index contributed by atoms with van der Waals surface area (Å²) >= 11 is 1.53. The minimum atomic E-state index is -0.271. The quantitative estimate of drug-likeness (QED) is 0.786. The lowest BCUT2D eigenvalue weighted by molar-refractivity contribution is 0.475. The van der Waals surface area contributed by atoms with Gasteiger partial charge in [0, 0.05) is 11.3 Å². The summed E-state index contributed by atoms with van der Waals surface area (Å²) in [6, 6.07) is 13.0. The second kappa shape index (κ2) is 5.51. The molecule has 0 amide bonds. The van der Waals surface area contributed by atoms with Crippen molar-refractivity contribution in [3.8, 4) is 17.1 Å². The van der Waals surface area contributed by atoms with Gasteiger partial charge >= 0.3 is 0 Å². The number of phenolic OH excluding ortho intramolecular Hbond substituents is 1. The van der Waals surface area contributed by atoms with Crippen molar-refractivity contribution < 1.29 is 9.50 Å². The van der Waals surface area contributed by atoms with E-state index in [9.17, 15) is 9.50 Å². The van der Waals surface area contributed by atoms with Gasteiger partial charge in [0.15, 0.2) is 5.82 Å². The molecule has 0 saturated carbocycles. The molecule has 1 N–H and O–H groups in total. The first-order valence-corrected chi connectivity index (χ1v) is 7.91.